The summed E-state index contributed by atoms with van der Waals surface area (Å²) in [4.78, 5) is 23.8. The molecule has 0 heterocycles. The van der Waals surface area contributed by atoms with Crippen LogP contribution in [-0.4, -0.2) is 48.2 Å². The molecule has 0 aliphatic carbocycles. The van der Waals surface area contributed by atoms with E-state index in [0.717, 1.165) is 44.9 Å². The van der Waals surface area contributed by atoms with E-state index in [-0.39, 0.29) is 30.5 Å². The van der Waals surface area contributed by atoms with Crippen LogP contribution in [0.5, 0.6) is 0 Å². The first kappa shape index (κ1) is 24.9. The van der Waals surface area contributed by atoms with E-state index in [0.29, 0.717) is 25.4 Å². The molecular formula is C20H41N3O3. The fourth-order valence-corrected chi connectivity index (χ4v) is 2.90. The smallest absolute Gasteiger partial charge is 0.221 e. The van der Waals surface area contributed by atoms with Crippen molar-refractivity contribution in [1.29, 1.82) is 0 Å². The Morgan fingerprint density at radius 2 is 1.54 bits per heavy atom. The van der Waals surface area contributed by atoms with Crippen LogP contribution < -0.4 is 16.0 Å². The highest BCUT2D eigenvalue weighted by atomic mass is 16.3. The molecule has 154 valence electrons. The number of carbonyl (C=O) groups excluding carboxylic acids is 2. The fourth-order valence-electron chi connectivity index (χ4n) is 2.90. The van der Waals surface area contributed by atoms with Crippen LogP contribution in [0.1, 0.15) is 85.5 Å². The van der Waals surface area contributed by atoms with Crippen molar-refractivity contribution in [1.82, 2.24) is 16.0 Å². The Morgan fingerprint density at radius 3 is 2.15 bits per heavy atom. The number of unbranched alkanes of at least 4 members (excludes halogenated alkanes) is 4. The van der Waals surface area contributed by atoms with Gasteiger partial charge in [-0.15, -0.1) is 0 Å². The van der Waals surface area contributed by atoms with Crippen molar-refractivity contribution in [3.63, 3.8) is 0 Å². The Labute approximate surface area is 159 Å². The number of carbonyl (C=O) groups is 2. The molecule has 4 N–H and O–H groups in total. The number of hydrogen-bond donors (Lipinski definition) is 4. The van der Waals surface area contributed by atoms with E-state index in [4.69, 9.17) is 5.11 Å². The van der Waals surface area contributed by atoms with Crippen LogP contribution in [0.25, 0.3) is 0 Å². The highest BCUT2D eigenvalue weighted by Gasteiger charge is 2.14. The van der Waals surface area contributed by atoms with Gasteiger partial charge in [0.15, 0.2) is 0 Å². The SMILES string of the molecule is CC(C)NC(=O)CCCCC(CC(=O)NCCCCCCO)NC(C)C. The maximum atomic E-state index is 12.1. The first-order valence-corrected chi connectivity index (χ1v) is 10.3. The van der Waals surface area contributed by atoms with E-state index >= 15 is 0 Å². The molecule has 0 rings (SSSR count). The Morgan fingerprint density at radius 1 is 0.846 bits per heavy atom. The van der Waals surface area contributed by atoms with Gasteiger partial charge in [-0.05, 0) is 39.5 Å². The highest BCUT2D eigenvalue weighted by molar-refractivity contribution is 5.76. The van der Waals surface area contributed by atoms with Gasteiger partial charge < -0.3 is 21.1 Å². The number of hydrogen-bond acceptors (Lipinski definition) is 4. The van der Waals surface area contributed by atoms with Gasteiger partial charge in [-0.2, -0.15) is 0 Å². The summed E-state index contributed by atoms with van der Waals surface area (Å²) < 4.78 is 0. The molecule has 0 aromatic heterocycles. The lowest BCUT2D eigenvalue weighted by Crippen LogP contribution is -2.39. The maximum absolute atomic E-state index is 12.1. The van der Waals surface area contributed by atoms with Crippen molar-refractivity contribution in [2.45, 2.75) is 104 Å². The molecule has 0 aromatic rings. The van der Waals surface area contributed by atoms with Crippen LogP contribution in [0.2, 0.25) is 0 Å². The molecule has 26 heavy (non-hydrogen) atoms. The quantitative estimate of drug-likeness (QED) is 0.314. The summed E-state index contributed by atoms with van der Waals surface area (Å²) in [6.45, 7) is 9.05. The lowest BCUT2D eigenvalue weighted by atomic mass is 10.0. The lowest BCUT2D eigenvalue weighted by molar-refractivity contribution is -0.122. The summed E-state index contributed by atoms with van der Waals surface area (Å²) in [5.74, 6) is 0.190. The van der Waals surface area contributed by atoms with Crippen molar-refractivity contribution in [3.8, 4) is 0 Å². The van der Waals surface area contributed by atoms with Crippen molar-refractivity contribution in [2.24, 2.45) is 0 Å². The summed E-state index contributed by atoms with van der Waals surface area (Å²) in [6.07, 6.45) is 7.55. The Bertz CT molecular complexity index is 373. The van der Waals surface area contributed by atoms with Gasteiger partial charge in [-0.1, -0.05) is 33.1 Å². The van der Waals surface area contributed by atoms with E-state index < -0.39 is 0 Å². The zero-order chi connectivity index (χ0) is 19.8. The minimum Gasteiger partial charge on any atom is -0.396 e. The average molecular weight is 372 g/mol. The third kappa shape index (κ3) is 16.3. The summed E-state index contributed by atoms with van der Waals surface area (Å²) in [5.41, 5.74) is 0. The fraction of sp³-hybridized carbons (Fsp3) is 0.900. The summed E-state index contributed by atoms with van der Waals surface area (Å²) in [6, 6.07) is 0.665. The zero-order valence-corrected chi connectivity index (χ0v) is 17.3. The monoisotopic (exact) mass is 371 g/mol. The topological polar surface area (TPSA) is 90.5 Å². The predicted octanol–water partition coefficient (Wildman–Crippen LogP) is 2.50. The lowest BCUT2D eigenvalue weighted by Gasteiger charge is -2.21. The van der Waals surface area contributed by atoms with Gasteiger partial charge in [-0.25, -0.2) is 0 Å². The van der Waals surface area contributed by atoms with E-state index in [2.05, 4.69) is 29.8 Å². The van der Waals surface area contributed by atoms with E-state index in [1.807, 2.05) is 13.8 Å². The summed E-state index contributed by atoms with van der Waals surface area (Å²) >= 11 is 0. The molecule has 6 nitrogen and oxygen atoms in total. The van der Waals surface area contributed by atoms with Crippen molar-refractivity contribution < 1.29 is 14.7 Å². The van der Waals surface area contributed by atoms with Crippen molar-refractivity contribution in [3.05, 3.63) is 0 Å². The molecule has 0 aliphatic heterocycles. The van der Waals surface area contributed by atoms with E-state index in [1.165, 1.54) is 0 Å². The molecule has 1 unspecified atom stereocenters. The first-order chi connectivity index (χ1) is 12.3. The van der Waals surface area contributed by atoms with Gasteiger partial charge in [0.05, 0.1) is 0 Å². The van der Waals surface area contributed by atoms with Crippen molar-refractivity contribution in [2.75, 3.05) is 13.2 Å². The molecule has 0 aromatic carbocycles. The minimum absolute atomic E-state index is 0.0860. The van der Waals surface area contributed by atoms with Crippen LogP contribution in [0.4, 0.5) is 0 Å². The molecule has 0 aliphatic rings. The van der Waals surface area contributed by atoms with E-state index in [1.54, 1.807) is 0 Å². The molecule has 6 heteroatoms. The van der Waals surface area contributed by atoms with Gasteiger partial charge in [0.2, 0.25) is 11.8 Å². The molecule has 0 bridgehead atoms. The summed E-state index contributed by atoms with van der Waals surface area (Å²) in [7, 11) is 0. The standard InChI is InChI=1S/C20H41N3O3/c1-16(2)22-18(11-7-8-12-19(25)23-17(3)4)15-20(26)21-13-9-5-6-10-14-24/h16-18,22,24H,5-15H2,1-4H3,(H,21,26)(H,23,25). The molecule has 0 fully saturated rings. The van der Waals surface area contributed by atoms with Gasteiger partial charge in [0.1, 0.15) is 0 Å². The van der Waals surface area contributed by atoms with Crippen LogP contribution in [0.3, 0.4) is 0 Å². The molecule has 0 spiro atoms. The highest BCUT2D eigenvalue weighted by Crippen LogP contribution is 2.08. The first-order valence-electron chi connectivity index (χ1n) is 10.3. The number of aliphatic hydroxyl groups is 1. The predicted molar refractivity (Wildman–Crippen MR) is 107 cm³/mol. The van der Waals surface area contributed by atoms with Crippen molar-refractivity contribution >= 4 is 11.8 Å². The Kier molecular flexibility index (Phi) is 15.4. The maximum Gasteiger partial charge on any atom is 0.221 e. The summed E-state index contributed by atoms with van der Waals surface area (Å²) in [5, 5.41) is 18.1. The Hall–Kier alpha value is -1.14. The number of amides is 2. The van der Waals surface area contributed by atoms with Gasteiger partial charge in [0, 0.05) is 44.1 Å². The second-order valence-electron chi connectivity index (χ2n) is 7.68. The second-order valence-corrected chi connectivity index (χ2v) is 7.68. The molecular weight excluding hydrogens is 330 g/mol. The van der Waals surface area contributed by atoms with Crippen LogP contribution in [0, 0.1) is 0 Å². The second kappa shape index (κ2) is 16.1. The Balaban J connectivity index is 4.00. The zero-order valence-electron chi connectivity index (χ0n) is 17.3. The molecule has 0 radical (unpaired) electrons. The molecule has 2 amide bonds. The minimum atomic E-state index is 0.0860. The molecule has 0 saturated heterocycles. The van der Waals surface area contributed by atoms with Gasteiger partial charge >= 0.3 is 0 Å². The van der Waals surface area contributed by atoms with E-state index in [9.17, 15) is 9.59 Å². The third-order valence-electron chi connectivity index (χ3n) is 4.06. The van der Waals surface area contributed by atoms with Crippen LogP contribution in [0.15, 0.2) is 0 Å². The average Bonchev–Trinajstić information content (AvgIpc) is 2.53. The van der Waals surface area contributed by atoms with Crippen LogP contribution in [-0.2, 0) is 9.59 Å². The normalized spacial score (nSPS) is 12.4. The largest absolute Gasteiger partial charge is 0.396 e. The van der Waals surface area contributed by atoms with Crippen LogP contribution >= 0.6 is 0 Å². The van der Waals surface area contributed by atoms with Gasteiger partial charge in [-0.3, -0.25) is 9.59 Å². The third-order valence-corrected chi connectivity index (χ3v) is 4.06. The number of rotatable bonds is 16. The molecule has 1 atom stereocenters. The van der Waals surface area contributed by atoms with Gasteiger partial charge in [0.25, 0.3) is 0 Å². The number of aliphatic hydroxyl groups excluding tert-OH is 1. The molecule has 0 saturated carbocycles. The number of nitrogens with one attached hydrogen (secondary N) is 3.